The van der Waals surface area contributed by atoms with E-state index in [1.54, 1.807) is 18.4 Å². The minimum atomic E-state index is 0.699. The number of methoxy groups -OCH3 is 1. The molecule has 0 saturated heterocycles. The molecule has 0 unspecified atom stereocenters. The van der Waals surface area contributed by atoms with Crippen LogP contribution in [0.5, 0.6) is 5.75 Å². The molecule has 0 aliphatic rings. The maximum atomic E-state index is 5.33. The molecule has 0 aliphatic carbocycles. The average Bonchev–Trinajstić information content (AvgIpc) is 3.15. The molecule has 20 heavy (non-hydrogen) atoms. The molecule has 0 radical (unpaired) electrons. The Morgan fingerprint density at radius 2 is 2.15 bits per heavy atom. The largest absolute Gasteiger partial charge is 0.495 e. The molecule has 3 rings (SSSR count). The summed E-state index contributed by atoms with van der Waals surface area (Å²) in [6.07, 6.45) is 1.86. The number of ether oxygens (including phenoxy) is 1. The zero-order chi connectivity index (χ0) is 13.8. The monoisotopic (exact) mass is 285 g/mol. The van der Waals surface area contributed by atoms with E-state index in [0.29, 0.717) is 6.54 Å². The lowest BCUT2D eigenvalue weighted by Crippen LogP contribution is -2.01. The van der Waals surface area contributed by atoms with Gasteiger partial charge in [-0.3, -0.25) is 5.10 Å². The SMILES string of the molecule is COc1ccccc1NCc1cn[nH]c1-c1cccs1. The maximum absolute atomic E-state index is 5.33. The smallest absolute Gasteiger partial charge is 0.141 e. The highest BCUT2D eigenvalue weighted by molar-refractivity contribution is 7.13. The fourth-order valence-corrected chi connectivity index (χ4v) is 2.82. The molecule has 2 heterocycles. The number of nitrogens with one attached hydrogen (secondary N) is 2. The van der Waals surface area contributed by atoms with Crippen molar-refractivity contribution in [3.05, 3.63) is 53.5 Å². The Kier molecular flexibility index (Phi) is 3.69. The number of thiophene rings is 1. The second kappa shape index (κ2) is 5.79. The summed E-state index contributed by atoms with van der Waals surface area (Å²) < 4.78 is 5.33. The quantitative estimate of drug-likeness (QED) is 0.750. The first-order chi connectivity index (χ1) is 9.88. The lowest BCUT2D eigenvalue weighted by molar-refractivity contribution is 0.416. The maximum Gasteiger partial charge on any atom is 0.141 e. The number of para-hydroxylation sites is 2. The summed E-state index contributed by atoms with van der Waals surface area (Å²) in [5.41, 5.74) is 3.19. The third kappa shape index (κ3) is 2.53. The Labute approximate surface area is 121 Å². The van der Waals surface area contributed by atoms with Crippen molar-refractivity contribution < 1.29 is 4.74 Å². The molecule has 102 valence electrons. The average molecular weight is 285 g/mol. The van der Waals surface area contributed by atoms with Crippen LogP contribution in [0.2, 0.25) is 0 Å². The van der Waals surface area contributed by atoms with Crippen LogP contribution in [-0.4, -0.2) is 17.3 Å². The molecule has 0 spiro atoms. The molecule has 0 aliphatic heterocycles. The van der Waals surface area contributed by atoms with Crippen molar-refractivity contribution in [2.45, 2.75) is 6.54 Å². The van der Waals surface area contributed by atoms with Crippen LogP contribution in [0, 0.1) is 0 Å². The van der Waals surface area contributed by atoms with Crippen LogP contribution in [-0.2, 0) is 6.54 Å². The Balaban J connectivity index is 1.78. The van der Waals surface area contributed by atoms with Crippen molar-refractivity contribution in [3.8, 4) is 16.3 Å². The third-order valence-corrected chi connectivity index (χ3v) is 3.95. The predicted molar refractivity (Wildman–Crippen MR) is 82.2 cm³/mol. The standard InChI is InChI=1S/C15H15N3OS/c1-19-13-6-3-2-5-12(13)16-9-11-10-17-18-15(11)14-7-4-8-20-14/h2-8,10,16H,9H2,1H3,(H,17,18). The number of H-pyrrole nitrogens is 1. The number of benzene rings is 1. The van der Waals surface area contributed by atoms with Crippen LogP contribution in [0.1, 0.15) is 5.56 Å². The van der Waals surface area contributed by atoms with E-state index in [4.69, 9.17) is 4.74 Å². The fraction of sp³-hybridized carbons (Fsp3) is 0.133. The molecule has 5 heteroatoms. The van der Waals surface area contributed by atoms with E-state index >= 15 is 0 Å². The van der Waals surface area contributed by atoms with Gasteiger partial charge in [-0.1, -0.05) is 18.2 Å². The first-order valence-electron chi connectivity index (χ1n) is 6.31. The molecule has 3 aromatic rings. The predicted octanol–water partition coefficient (Wildman–Crippen LogP) is 3.76. The minimum Gasteiger partial charge on any atom is -0.495 e. The lowest BCUT2D eigenvalue weighted by atomic mass is 10.2. The van der Waals surface area contributed by atoms with Gasteiger partial charge in [-0.05, 0) is 23.6 Å². The van der Waals surface area contributed by atoms with Crippen molar-refractivity contribution in [1.29, 1.82) is 0 Å². The van der Waals surface area contributed by atoms with Crippen LogP contribution in [0.4, 0.5) is 5.69 Å². The number of nitrogens with zero attached hydrogens (tertiary/aromatic N) is 1. The van der Waals surface area contributed by atoms with Gasteiger partial charge in [-0.15, -0.1) is 11.3 Å². The highest BCUT2D eigenvalue weighted by Gasteiger charge is 2.09. The third-order valence-electron chi connectivity index (χ3n) is 3.06. The van der Waals surface area contributed by atoms with E-state index in [-0.39, 0.29) is 0 Å². The number of rotatable bonds is 5. The zero-order valence-electron chi connectivity index (χ0n) is 11.1. The van der Waals surface area contributed by atoms with E-state index in [9.17, 15) is 0 Å². The first kappa shape index (κ1) is 12.7. The lowest BCUT2D eigenvalue weighted by Gasteiger charge is -2.10. The van der Waals surface area contributed by atoms with Crippen molar-refractivity contribution in [2.75, 3.05) is 12.4 Å². The first-order valence-corrected chi connectivity index (χ1v) is 7.19. The highest BCUT2D eigenvalue weighted by Crippen LogP contribution is 2.28. The number of anilines is 1. The van der Waals surface area contributed by atoms with E-state index in [1.807, 2.05) is 36.5 Å². The van der Waals surface area contributed by atoms with Crippen LogP contribution in [0.25, 0.3) is 10.6 Å². The Morgan fingerprint density at radius 3 is 2.95 bits per heavy atom. The van der Waals surface area contributed by atoms with Crippen LogP contribution < -0.4 is 10.1 Å². The van der Waals surface area contributed by atoms with Crippen molar-refractivity contribution in [1.82, 2.24) is 10.2 Å². The molecule has 0 amide bonds. The summed E-state index contributed by atoms with van der Waals surface area (Å²) in [5, 5.41) is 12.7. The van der Waals surface area contributed by atoms with E-state index in [2.05, 4.69) is 27.0 Å². The molecule has 4 nitrogen and oxygen atoms in total. The Morgan fingerprint density at radius 1 is 1.25 bits per heavy atom. The summed E-state index contributed by atoms with van der Waals surface area (Å²) in [4.78, 5) is 1.19. The van der Waals surface area contributed by atoms with Gasteiger partial charge in [-0.25, -0.2) is 0 Å². The molecule has 1 aromatic carbocycles. The van der Waals surface area contributed by atoms with Crippen LogP contribution in [0.15, 0.2) is 48.0 Å². The number of hydrogen-bond donors (Lipinski definition) is 2. The van der Waals surface area contributed by atoms with Gasteiger partial charge in [0.25, 0.3) is 0 Å². The van der Waals surface area contributed by atoms with Gasteiger partial charge in [0.15, 0.2) is 0 Å². The van der Waals surface area contributed by atoms with Crippen molar-refractivity contribution >= 4 is 17.0 Å². The van der Waals surface area contributed by atoms with Gasteiger partial charge in [-0.2, -0.15) is 5.10 Å². The fourth-order valence-electron chi connectivity index (χ4n) is 2.06. The summed E-state index contributed by atoms with van der Waals surface area (Å²) in [6, 6.07) is 12.0. The summed E-state index contributed by atoms with van der Waals surface area (Å²) in [6.45, 7) is 0.699. The number of hydrogen-bond acceptors (Lipinski definition) is 4. The summed E-state index contributed by atoms with van der Waals surface area (Å²) in [5.74, 6) is 0.841. The summed E-state index contributed by atoms with van der Waals surface area (Å²) in [7, 11) is 1.68. The topological polar surface area (TPSA) is 49.9 Å². The summed E-state index contributed by atoms with van der Waals surface area (Å²) >= 11 is 1.70. The van der Waals surface area contributed by atoms with Gasteiger partial charge >= 0.3 is 0 Å². The van der Waals surface area contributed by atoms with Gasteiger partial charge in [0.1, 0.15) is 5.75 Å². The van der Waals surface area contributed by atoms with Gasteiger partial charge < -0.3 is 10.1 Å². The molecule has 2 N–H and O–H groups in total. The molecule has 0 saturated carbocycles. The van der Waals surface area contributed by atoms with Gasteiger partial charge in [0.2, 0.25) is 0 Å². The molecule has 0 atom stereocenters. The minimum absolute atomic E-state index is 0.699. The molecule has 0 fully saturated rings. The van der Waals surface area contributed by atoms with E-state index < -0.39 is 0 Å². The van der Waals surface area contributed by atoms with Crippen LogP contribution in [0.3, 0.4) is 0 Å². The number of aromatic amines is 1. The van der Waals surface area contributed by atoms with E-state index in [1.165, 1.54) is 4.88 Å². The van der Waals surface area contributed by atoms with Crippen molar-refractivity contribution in [2.24, 2.45) is 0 Å². The molecule has 0 bridgehead atoms. The molecular weight excluding hydrogens is 270 g/mol. The number of aromatic nitrogens is 2. The van der Waals surface area contributed by atoms with E-state index in [0.717, 1.165) is 22.7 Å². The van der Waals surface area contributed by atoms with Gasteiger partial charge in [0.05, 0.1) is 29.6 Å². The molecule has 2 aromatic heterocycles. The van der Waals surface area contributed by atoms with Crippen LogP contribution >= 0.6 is 11.3 Å². The molecular formula is C15H15N3OS. The second-order valence-electron chi connectivity index (χ2n) is 4.30. The Bertz CT molecular complexity index is 676. The second-order valence-corrected chi connectivity index (χ2v) is 5.25. The Hall–Kier alpha value is -2.27. The van der Waals surface area contributed by atoms with Crippen molar-refractivity contribution in [3.63, 3.8) is 0 Å². The highest BCUT2D eigenvalue weighted by atomic mass is 32.1. The normalized spacial score (nSPS) is 10.4. The van der Waals surface area contributed by atoms with Gasteiger partial charge in [0, 0.05) is 12.1 Å². The zero-order valence-corrected chi connectivity index (χ0v) is 11.9.